The van der Waals surface area contributed by atoms with Gasteiger partial charge in [0.1, 0.15) is 4.90 Å². The molecular weight excluding hydrogens is 206 g/mol. The molecular formula is C8H11NO4S. The van der Waals surface area contributed by atoms with Crippen LogP contribution in [-0.4, -0.2) is 29.9 Å². The van der Waals surface area contributed by atoms with Crippen LogP contribution in [0, 0.1) is 0 Å². The Kier molecular flexibility index (Phi) is 2.66. The number of aromatic hydroxyl groups is 2. The van der Waals surface area contributed by atoms with Crippen LogP contribution in [0.3, 0.4) is 0 Å². The van der Waals surface area contributed by atoms with E-state index in [0.717, 1.165) is 6.26 Å². The van der Waals surface area contributed by atoms with Crippen molar-refractivity contribution in [2.75, 3.05) is 6.26 Å². The van der Waals surface area contributed by atoms with Crippen molar-refractivity contribution in [3.05, 3.63) is 11.6 Å². The Morgan fingerprint density at radius 3 is 2.43 bits per heavy atom. The Labute approximate surface area is 82.0 Å². The zero-order valence-corrected chi connectivity index (χ0v) is 8.67. The highest BCUT2D eigenvalue weighted by Crippen LogP contribution is 2.27. The molecule has 0 unspecified atom stereocenters. The lowest BCUT2D eigenvalue weighted by Crippen LogP contribution is -2.03. The van der Waals surface area contributed by atoms with E-state index >= 15 is 0 Å². The SMILES string of the molecule is CCc1cc(O)nc(O)c1S(C)(=O)=O. The van der Waals surface area contributed by atoms with Gasteiger partial charge in [-0.05, 0) is 12.0 Å². The van der Waals surface area contributed by atoms with Crippen LogP contribution >= 0.6 is 0 Å². The van der Waals surface area contributed by atoms with Crippen LogP contribution in [-0.2, 0) is 16.3 Å². The van der Waals surface area contributed by atoms with Crippen LogP contribution in [0.5, 0.6) is 11.8 Å². The third-order valence-electron chi connectivity index (χ3n) is 1.77. The van der Waals surface area contributed by atoms with Gasteiger partial charge in [0.15, 0.2) is 9.84 Å². The smallest absolute Gasteiger partial charge is 0.233 e. The molecule has 0 spiro atoms. The number of sulfone groups is 1. The predicted molar refractivity (Wildman–Crippen MR) is 50.1 cm³/mol. The Bertz CT molecular complexity index is 453. The van der Waals surface area contributed by atoms with Crippen molar-refractivity contribution in [2.45, 2.75) is 18.2 Å². The van der Waals surface area contributed by atoms with Gasteiger partial charge in [0, 0.05) is 12.3 Å². The molecule has 1 heterocycles. The van der Waals surface area contributed by atoms with Gasteiger partial charge in [0.05, 0.1) is 0 Å². The van der Waals surface area contributed by atoms with E-state index < -0.39 is 15.7 Å². The zero-order chi connectivity index (χ0) is 10.9. The summed E-state index contributed by atoms with van der Waals surface area (Å²) < 4.78 is 22.5. The Morgan fingerprint density at radius 2 is 2.00 bits per heavy atom. The first-order chi connectivity index (χ1) is 6.36. The van der Waals surface area contributed by atoms with Gasteiger partial charge in [-0.15, -0.1) is 0 Å². The summed E-state index contributed by atoms with van der Waals surface area (Å²) in [5.41, 5.74) is 0.359. The molecule has 2 N–H and O–H groups in total. The molecule has 0 bridgehead atoms. The van der Waals surface area contributed by atoms with Crippen molar-refractivity contribution >= 4 is 9.84 Å². The lowest BCUT2D eigenvalue weighted by Gasteiger charge is -2.07. The lowest BCUT2D eigenvalue weighted by atomic mass is 10.2. The van der Waals surface area contributed by atoms with Gasteiger partial charge in [-0.3, -0.25) is 0 Å². The number of nitrogens with zero attached hydrogens (tertiary/aromatic N) is 1. The maximum atomic E-state index is 11.3. The molecule has 0 aliphatic carbocycles. The molecule has 78 valence electrons. The number of aryl methyl sites for hydroxylation is 1. The quantitative estimate of drug-likeness (QED) is 0.751. The second kappa shape index (κ2) is 3.45. The van der Waals surface area contributed by atoms with Crippen LogP contribution in [0.1, 0.15) is 12.5 Å². The molecule has 0 aliphatic heterocycles. The predicted octanol–water partition coefficient (Wildman–Crippen LogP) is 0.459. The number of pyridine rings is 1. The van der Waals surface area contributed by atoms with Crippen LogP contribution in [0.15, 0.2) is 11.0 Å². The number of rotatable bonds is 2. The van der Waals surface area contributed by atoms with Gasteiger partial charge in [0.2, 0.25) is 11.8 Å². The summed E-state index contributed by atoms with van der Waals surface area (Å²) in [7, 11) is -3.52. The maximum Gasteiger partial charge on any atom is 0.233 e. The van der Waals surface area contributed by atoms with Crippen molar-refractivity contribution < 1.29 is 18.6 Å². The van der Waals surface area contributed by atoms with E-state index in [2.05, 4.69) is 4.98 Å². The summed E-state index contributed by atoms with van der Waals surface area (Å²) in [6, 6.07) is 1.23. The highest BCUT2D eigenvalue weighted by atomic mass is 32.2. The van der Waals surface area contributed by atoms with E-state index in [1.807, 2.05) is 0 Å². The molecule has 14 heavy (non-hydrogen) atoms. The van der Waals surface area contributed by atoms with Crippen LogP contribution in [0.2, 0.25) is 0 Å². The van der Waals surface area contributed by atoms with Crippen molar-refractivity contribution in [1.29, 1.82) is 0 Å². The second-order valence-electron chi connectivity index (χ2n) is 2.92. The number of hydrogen-bond acceptors (Lipinski definition) is 5. The van der Waals surface area contributed by atoms with Crippen molar-refractivity contribution in [1.82, 2.24) is 4.98 Å². The third kappa shape index (κ3) is 1.95. The monoisotopic (exact) mass is 217 g/mol. The van der Waals surface area contributed by atoms with Crippen molar-refractivity contribution in [3.63, 3.8) is 0 Å². The summed E-state index contributed by atoms with van der Waals surface area (Å²) in [5, 5.41) is 18.3. The molecule has 0 saturated heterocycles. The molecule has 1 rings (SSSR count). The van der Waals surface area contributed by atoms with Crippen LogP contribution in [0.25, 0.3) is 0 Å². The van der Waals surface area contributed by atoms with E-state index in [-0.39, 0.29) is 10.8 Å². The van der Waals surface area contributed by atoms with E-state index in [9.17, 15) is 13.5 Å². The molecule has 1 aromatic heterocycles. The van der Waals surface area contributed by atoms with E-state index in [4.69, 9.17) is 5.11 Å². The average molecular weight is 217 g/mol. The van der Waals surface area contributed by atoms with Gasteiger partial charge in [-0.25, -0.2) is 8.42 Å². The Morgan fingerprint density at radius 1 is 1.43 bits per heavy atom. The fourth-order valence-electron chi connectivity index (χ4n) is 1.22. The minimum absolute atomic E-state index is 0.210. The molecule has 0 atom stereocenters. The maximum absolute atomic E-state index is 11.3. The molecule has 0 radical (unpaired) electrons. The molecule has 0 amide bonds. The van der Waals surface area contributed by atoms with Gasteiger partial charge < -0.3 is 10.2 Å². The highest BCUT2D eigenvalue weighted by molar-refractivity contribution is 7.90. The Hall–Kier alpha value is -1.30. The molecule has 0 aliphatic rings. The molecule has 0 saturated carbocycles. The fourth-order valence-corrected chi connectivity index (χ4v) is 2.28. The lowest BCUT2D eigenvalue weighted by molar-refractivity contribution is 0.400. The van der Waals surface area contributed by atoms with E-state index in [1.165, 1.54) is 6.07 Å². The van der Waals surface area contributed by atoms with Gasteiger partial charge in [0.25, 0.3) is 0 Å². The fraction of sp³-hybridized carbons (Fsp3) is 0.375. The molecule has 1 aromatic rings. The first kappa shape index (κ1) is 10.8. The summed E-state index contributed by atoms with van der Waals surface area (Å²) in [6.45, 7) is 1.73. The molecule has 5 nitrogen and oxygen atoms in total. The largest absolute Gasteiger partial charge is 0.493 e. The molecule has 6 heteroatoms. The summed E-state index contributed by atoms with van der Waals surface area (Å²) in [5.74, 6) is -1.03. The first-order valence-corrected chi connectivity index (χ1v) is 5.87. The van der Waals surface area contributed by atoms with Crippen molar-refractivity contribution in [2.24, 2.45) is 0 Å². The second-order valence-corrected chi connectivity index (χ2v) is 4.87. The van der Waals surface area contributed by atoms with Crippen molar-refractivity contribution in [3.8, 4) is 11.8 Å². The standard InChI is InChI=1S/C8H11NO4S/c1-3-5-4-6(10)9-8(11)7(5)14(2,12)13/h4H,3H2,1-2H3,(H2,9,10,11). The zero-order valence-electron chi connectivity index (χ0n) is 7.85. The van der Waals surface area contributed by atoms with Gasteiger partial charge in [-0.2, -0.15) is 4.98 Å². The minimum Gasteiger partial charge on any atom is -0.493 e. The van der Waals surface area contributed by atoms with Gasteiger partial charge in [-0.1, -0.05) is 6.92 Å². The van der Waals surface area contributed by atoms with Crippen LogP contribution in [0.4, 0.5) is 0 Å². The summed E-state index contributed by atoms with van der Waals surface area (Å²) in [6.07, 6.45) is 1.38. The van der Waals surface area contributed by atoms with E-state index in [1.54, 1.807) is 6.92 Å². The van der Waals surface area contributed by atoms with E-state index in [0.29, 0.717) is 12.0 Å². The summed E-state index contributed by atoms with van der Waals surface area (Å²) in [4.78, 5) is 3.07. The highest BCUT2D eigenvalue weighted by Gasteiger charge is 2.19. The molecule has 0 aromatic carbocycles. The number of aromatic nitrogens is 1. The topological polar surface area (TPSA) is 87.5 Å². The minimum atomic E-state index is -3.52. The van der Waals surface area contributed by atoms with Crippen LogP contribution < -0.4 is 0 Å². The Balaban J connectivity index is 3.57. The average Bonchev–Trinajstić information content (AvgIpc) is 1.99. The first-order valence-electron chi connectivity index (χ1n) is 3.98. The molecule has 0 fully saturated rings. The normalized spacial score (nSPS) is 11.6. The van der Waals surface area contributed by atoms with Gasteiger partial charge >= 0.3 is 0 Å². The summed E-state index contributed by atoms with van der Waals surface area (Å²) >= 11 is 0. The third-order valence-corrected chi connectivity index (χ3v) is 2.96. The number of hydrogen-bond donors (Lipinski definition) is 2.